The molecular formula is C24H31NO4S. The van der Waals surface area contributed by atoms with Crippen LogP contribution in [0.4, 0.5) is 4.79 Å². The lowest BCUT2D eigenvalue weighted by molar-refractivity contribution is -0.143. The highest BCUT2D eigenvalue weighted by atomic mass is 32.2. The molecule has 1 N–H and O–H groups in total. The lowest BCUT2D eigenvalue weighted by Crippen LogP contribution is -2.48. The highest BCUT2D eigenvalue weighted by Gasteiger charge is 2.32. The van der Waals surface area contributed by atoms with Crippen LogP contribution in [0.5, 0.6) is 0 Å². The Morgan fingerprint density at radius 3 is 2.10 bits per heavy atom. The predicted octanol–water partition coefficient (Wildman–Crippen LogP) is 5.24. The fourth-order valence-corrected chi connectivity index (χ4v) is 3.87. The summed E-state index contributed by atoms with van der Waals surface area (Å²) in [6, 6.07) is 18.6. The zero-order valence-electron chi connectivity index (χ0n) is 17.9. The fraction of sp³-hybridized carbons (Fsp3) is 0.417. The number of thioether (sulfide) groups is 1. The van der Waals surface area contributed by atoms with Crippen molar-refractivity contribution >= 4 is 23.8 Å². The van der Waals surface area contributed by atoms with Crippen molar-refractivity contribution in [3.05, 3.63) is 71.8 Å². The highest BCUT2D eigenvalue weighted by Crippen LogP contribution is 2.18. The molecule has 0 saturated heterocycles. The van der Waals surface area contributed by atoms with Gasteiger partial charge in [0.1, 0.15) is 11.6 Å². The quantitative estimate of drug-likeness (QED) is 0.523. The zero-order valence-corrected chi connectivity index (χ0v) is 18.7. The van der Waals surface area contributed by atoms with Gasteiger partial charge in [-0.25, -0.2) is 9.59 Å². The van der Waals surface area contributed by atoms with Crippen LogP contribution in [0.3, 0.4) is 0 Å². The van der Waals surface area contributed by atoms with Crippen LogP contribution in [0, 0.1) is 0 Å². The number of amides is 1. The molecule has 6 heteroatoms. The molecule has 0 fully saturated rings. The molecule has 0 aliphatic heterocycles. The van der Waals surface area contributed by atoms with E-state index < -0.39 is 23.7 Å². The first-order valence-corrected chi connectivity index (χ1v) is 11.3. The molecule has 0 aromatic heterocycles. The third-order valence-corrected chi connectivity index (χ3v) is 5.48. The first kappa shape index (κ1) is 23.8. The van der Waals surface area contributed by atoms with E-state index in [-0.39, 0.29) is 6.42 Å². The van der Waals surface area contributed by atoms with Crippen LogP contribution in [0.2, 0.25) is 0 Å². The Morgan fingerprint density at radius 2 is 1.57 bits per heavy atom. The average Bonchev–Trinajstić information content (AvgIpc) is 2.69. The van der Waals surface area contributed by atoms with Gasteiger partial charge in [0.05, 0.1) is 0 Å². The summed E-state index contributed by atoms with van der Waals surface area (Å²) in [6.45, 7) is 5.68. The average molecular weight is 430 g/mol. The van der Waals surface area contributed by atoms with Crippen molar-refractivity contribution in [2.75, 3.05) is 12.3 Å². The summed E-state index contributed by atoms with van der Waals surface area (Å²) in [5, 5.41) is 9.85. The Kier molecular flexibility index (Phi) is 9.24. The summed E-state index contributed by atoms with van der Waals surface area (Å²) >= 11 is 1.77. The molecule has 0 spiro atoms. The van der Waals surface area contributed by atoms with E-state index in [0.29, 0.717) is 13.0 Å². The second-order valence-corrected chi connectivity index (χ2v) is 9.21. The summed E-state index contributed by atoms with van der Waals surface area (Å²) in [6.07, 6.45) is 0.348. The van der Waals surface area contributed by atoms with Crippen molar-refractivity contribution in [2.45, 2.75) is 51.0 Å². The maximum atomic E-state index is 12.8. The van der Waals surface area contributed by atoms with Gasteiger partial charge < -0.3 is 9.84 Å². The Balaban J connectivity index is 2.02. The molecule has 1 unspecified atom stereocenters. The monoisotopic (exact) mass is 429 g/mol. The van der Waals surface area contributed by atoms with Crippen LogP contribution >= 0.6 is 11.8 Å². The molecule has 1 amide bonds. The number of hydrogen-bond acceptors (Lipinski definition) is 4. The lowest BCUT2D eigenvalue weighted by Gasteiger charge is -2.31. The Bertz CT molecular complexity index is 790. The van der Waals surface area contributed by atoms with Crippen LogP contribution in [0.1, 0.15) is 38.3 Å². The van der Waals surface area contributed by atoms with Crippen molar-refractivity contribution < 1.29 is 19.4 Å². The number of carboxylic acid groups (broad SMARTS) is 1. The molecule has 2 aromatic rings. The van der Waals surface area contributed by atoms with Gasteiger partial charge in [-0.2, -0.15) is 11.8 Å². The number of carbonyl (C=O) groups excluding carboxylic acids is 1. The maximum absolute atomic E-state index is 12.8. The topological polar surface area (TPSA) is 66.8 Å². The highest BCUT2D eigenvalue weighted by molar-refractivity contribution is 7.98. The normalized spacial score (nSPS) is 12.2. The van der Waals surface area contributed by atoms with Crippen molar-refractivity contribution in [1.82, 2.24) is 4.90 Å². The molecule has 0 radical (unpaired) electrons. The minimum Gasteiger partial charge on any atom is -0.480 e. The Labute approximate surface area is 183 Å². The Hall–Kier alpha value is -2.47. The number of ether oxygens (including phenoxy) is 1. The van der Waals surface area contributed by atoms with Gasteiger partial charge in [0.15, 0.2) is 0 Å². The molecule has 1 atom stereocenters. The molecule has 2 aromatic carbocycles. The molecule has 0 heterocycles. The maximum Gasteiger partial charge on any atom is 0.411 e. The van der Waals surface area contributed by atoms with Gasteiger partial charge in [-0.3, -0.25) is 4.90 Å². The van der Waals surface area contributed by atoms with Crippen LogP contribution in [0.25, 0.3) is 0 Å². The molecule has 162 valence electrons. The number of aliphatic carboxylic acids is 1. The second-order valence-electron chi connectivity index (χ2n) is 8.11. The first-order valence-electron chi connectivity index (χ1n) is 10.1. The largest absolute Gasteiger partial charge is 0.480 e. The predicted molar refractivity (Wildman–Crippen MR) is 122 cm³/mol. The van der Waals surface area contributed by atoms with Crippen molar-refractivity contribution in [2.24, 2.45) is 0 Å². The SMILES string of the molecule is CC(C)(C)OC(=O)N(CCCSCc1ccccc1)C(Cc1ccccc1)C(=O)O. The first-order chi connectivity index (χ1) is 14.3. The number of rotatable bonds is 10. The van der Waals surface area contributed by atoms with Crippen molar-refractivity contribution in [3.63, 3.8) is 0 Å². The standard InChI is InChI=1S/C24H31NO4S/c1-24(2,3)29-23(28)25(15-10-16-30-18-20-13-8-5-9-14-20)21(22(26)27)17-19-11-6-4-7-12-19/h4-9,11-14,21H,10,15-18H2,1-3H3,(H,26,27). The van der Waals surface area contributed by atoms with Crippen molar-refractivity contribution in [1.29, 1.82) is 0 Å². The van der Waals surface area contributed by atoms with Gasteiger partial charge in [-0.15, -0.1) is 0 Å². The van der Waals surface area contributed by atoms with Gasteiger partial charge in [0, 0.05) is 18.7 Å². The van der Waals surface area contributed by atoms with Gasteiger partial charge in [0.2, 0.25) is 0 Å². The van der Waals surface area contributed by atoms with E-state index in [9.17, 15) is 14.7 Å². The molecule has 0 bridgehead atoms. The molecule has 5 nitrogen and oxygen atoms in total. The lowest BCUT2D eigenvalue weighted by atomic mass is 10.0. The number of nitrogens with zero attached hydrogens (tertiary/aromatic N) is 1. The second kappa shape index (κ2) is 11.6. The zero-order chi connectivity index (χ0) is 22.0. The molecule has 0 aliphatic carbocycles. The van der Waals surface area contributed by atoms with Gasteiger partial charge in [-0.1, -0.05) is 60.7 Å². The minimum absolute atomic E-state index is 0.243. The van der Waals surface area contributed by atoms with E-state index in [4.69, 9.17) is 4.74 Å². The number of hydrogen-bond donors (Lipinski definition) is 1. The molecule has 0 saturated carbocycles. The van der Waals surface area contributed by atoms with E-state index >= 15 is 0 Å². The van der Waals surface area contributed by atoms with Crippen LogP contribution in [0.15, 0.2) is 60.7 Å². The van der Waals surface area contributed by atoms with Crippen LogP contribution < -0.4 is 0 Å². The van der Waals surface area contributed by atoms with Crippen LogP contribution in [-0.2, 0) is 21.7 Å². The number of benzene rings is 2. The molecular weight excluding hydrogens is 398 g/mol. The van der Waals surface area contributed by atoms with E-state index in [1.807, 2.05) is 48.5 Å². The minimum atomic E-state index is -1.03. The molecule has 2 rings (SSSR count). The summed E-state index contributed by atoms with van der Waals surface area (Å²) in [5.74, 6) is 0.688. The summed E-state index contributed by atoms with van der Waals surface area (Å²) in [5.41, 5.74) is 1.43. The van der Waals surface area contributed by atoms with Gasteiger partial charge >= 0.3 is 12.1 Å². The van der Waals surface area contributed by atoms with E-state index in [2.05, 4.69) is 12.1 Å². The van der Waals surface area contributed by atoms with E-state index in [0.717, 1.165) is 17.1 Å². The third-order valence-electron chi connectivity index (χ3n) is 4.36. The fourth-order valence-electron chi connectivity index (χ4n) is 2.96. The number of carboxylic acids is 1. The smallest absolute Gasteiger partial charge is 0.411 e. The molecule has 30 heavy (non-hydrogen) atoms. The summed E-state index contributed by atoms with van der Waals surface area (Å²) in [7, 11) is 0. The van der Waals surface area contributed by atoms with Gasteiger partial charge in [0.25, 0.3) is 0 Å². The summed E-state index contributed by atoms with van der Waals surface area (Å²) in [4.78, 5) is 26.2. The van der Waals surface area contributed by atoms with Gasteiger partial charge in [-0.05, 0) is 44.1 Å². The third kappa shape index (κ3) is 8.49. The molecule has 0 aliphatic rings. The Morgan fingerprint density at radius 1 is 1.00 bits per heavy atom. The summed E-state index contributed by atoms with van der Waals surface area (Å²) < 4.78 is 5.51. The van der Waals surface area contributed by atoms with Crippen LogP contribution in [-0.4, -0.2) is 46.0 Å². The van der Waals surface area contributed by atoms with E-state index in [1.54, 1.807) is 32.5 Å². The van der Waals surface area contributed by atoms with E-state index in [1.165, 1.54) is 10.5 Å². The van der Waals surface area contributed by atoms with Crippen molar-refractivity contribution in [3.8, 4) is 0 Å². The number of carbonyl (C=O) groups is 2.